The lowest BCUT2D eigenvalue weighted by molar-refractivity contribution is -0.120. The van der Waals surface area contributed by atoms with Crippen LogP contribution < -0.4 is 16.0 Å². The van der Waals surface area contributed by atoms with E-state index in [9.17, 15) is 9.59 Å². The van der Waals surface area contributed by atoms with Crippen LogP contribution in [-0.4, -0.2) is 27.9 Å². The molecule has 1 aliphatic heterocycles. The van der Waals surface area contributed by atoms with Crippen molar-refractivity contribution in [2.45, 2.75) is 6.42 Å². The normalized spacial score (nSPS) is 16.1. The second kappa shape index (κ2) is 3.73. The van der Waals surface area contributed by atoms with Crippen molar-refractivity contribution in [3.63, 3.8) is 0 Å². The Morgan fingerprint density at radius 2 is 2.22 bits per heavy atom. The van der Waals surface area contributed by atoms with Gasteiger partial charge in [0.05, 0.1) is 11.9 Å². The number of carbonyl (C=O) groups is 2. The molecule has 1 saturated heterocycles. The molecule has 0 radical (unpaired) electrons. The van der Waals surface area contributed by atoms with Gasteiger partial charge in [0.2, 0.25) is 5.91 Å². The van der Waals surface area contributed by atoms with Gasteiger partial charge in [-0.3, -0.25) is 19.4 Å². The van der Waals surface area contributed by atoms with Crippen molar-refractivity contribution < 1.29 is 9.59 Å². The van der Waals surface area contributed by atoms with E-state index >= 15 is 0 Å². The van der Waals surface area contributed by atoms with E-state index in [1.54, 1.807) is 28.9 Å². The van der Waals surface area contributed by atoms with Gasteiger partial charge in [0.15, 0.2) is 0 Å². The first-order chi connectivity index (χ1) is 8.65. The molecule has 0 aromatic carbocycles. The number of nitrogens with one attached hydrogen (secondary N) is 1. The number of fused-ring (bicyclic) bond motifs is 1. The highest BCUT2D eigenvalue weighted by molar-refractivity contribution is 6.05. The molecule has 1 fully saturated rings. The number of rotatable bonds is 1. The van der Waals surface area contributed by atoms with E-state index in [1.807, 2.05) is 0 Å². The van der Waals surface area contributed by atoms with Crippen molar-refractivity contribution in [2.24, 2.45) is 0 Å². The number of hydrogen-bond donors (Lipinski definition) is 2. The number of hydrogen-bond acceptors (Lipinski definition) is 4. The minimum atomic E-state index is -0.407. The molecule has 0 bridgehead atoms. The maximum absolute atomic E-state index is 11.7. The Hall–Kier alpha value is -2.57. The number of pyridine rings is 1. The van der Waals surface area contributed by atoms with Crippen LogP contribution in [0.4, 0.5) is 16.3 Å². The Kier molecular flexibility index (Phi) is 2.19. The number of imide groups is 1. The van der Waals surface area contributed by atoms with E-state index in [4.69, 9.17) is 5.73 Å². The predicted octanol–water partition coefficient (Wildman–Crippen LogP) is 0.363. The van der Waals surface area contributed by atoms with Crippen LogP contribution in [-0.2, 0) is 4.79 Å². The standard InChI is InChI=1S/C11H11N5O2/c12-8-6-13-9-5-7(1-3-16(8)9)15-4-2-10(17)14-11(15)18/h1,3,5-6H,2,4,12H2,(H,14,17,18). The first-order valence-electron chi connectivity index (χ1n) is 5.49. The van der Waals surface area contributed by atoms with Crippen molar-refractivity contribution >= 4 is 29.1 Å². The molecule has 0 unspecified atom stereocenters. The highest BCUT2D eigenvalue weighted by atomic mass is 16.2. The Morgan fingerprint density at radius 3 is 3.00 bits per heavy atom. The summed E-state index contributed by atoms with van der Waals surface area (Å²) in [5.41, 5.74) is 7.07. The molecule has 3 rings (SSSR count). The summed E-state index contributed by atoms with van der Waals surface area (Å²) in [5, 5.41) is 2.28. The van der Waals surface area contributed by atoms with Gasteiger partial charge in [-0.05, 0) is 6.07 Å². The van der Waals surface area contributed by atoms with Gasteiger partial charge in [-0.1, -0.05) is 0 Å². The lowest BCUT2D eigenvalue weighted by atomic mass is 10.2. The van der Waals surface area contributed by atoms with Crippen LogP contribution in [0.15, 0.2) is 24.5 Å². The van der Waals surface area contributed by atoms with Gasteiger partial charge in [0, 0.05) is 25.2 Å². The molecule has 0 spiro atoms. The van der Waals surface area contributed by atoms with E-state index < -0.39 is 6.03 Å². The van der Waals surface area contributed by atoms with Crippen LogP contribution in [0.25, 0.3) is 5.65 Å². The number of nitrogens with zero attached hydrogens (tertiary/aromatic N) is 3. The number of aromatic nitrogens is 2. The molecule has 18 heavy (non-hydrogen) atoms. The zero-order valence-electron chi connectivity index (χ0n) is 9.46. The summed E-state index contributed by atoms with van der Waals surface area (Å²) < 4.78 is 1.72. The highest BCUT2D eigenvalue weighted by Crippen LogP contribution is 2.20. The molecule has 3 heterocycles. The molecule has 3 amide bonds. The highest BCUT2D eigenvalue weighted by Gasteiger charge is 2.24. The molecule has 7 nitrogen and oxygen atoms in total. The molecule has 7 heteroatoms. The number of nitrogens with two attached hydrogens (primary N) is 1. The van der Waals surface area contributed by atoms with Crippen LogP contribution in [0, 0.1) is 0 Å². The van der Waals surface area contributed by atoms with E-state index in [-0.39, 0.29) is 5.91 Å². The van der Waals surface area contributed by atoms with Crippen molar-refractivity contribution in [2.75, 3.05) is 17.2 Å². The molecular weight excluding hydrogens is 234 g/mol. The zero-order valence-corrected chi connectivity index (χ0v) is 9.46. The SMILES string of the molecule is Nc1cnc2cc(N3CCC(=O)NC3=O)ccn12. The fraction of sp³-hybridized carbons (Fsp3) is 0.182. The fourth-order valence-electron chi connectivity index (χ4n) is 1.97. The van der Waals surface area contributed by atoms with Crippen LogP contribution in [0.1, 0.15) is 6.42 Å². The summed E-state index contributed by atoms with van der Waals surface area (Å²) in [7, 11) is 0. The third-order valence-corrected chi connectivity index (χ3v) is 2.89. The Balaban J connectivity index is 1.99. The van der Waals surface area contributed by atoms with Gasteiger partial charge < -0.3 is 5.73 Å². The smallest absolute Gasteiger partial charge is 0.328 e. The predicted molar refractivity (Wildman–Crippen MR) is 65.1 cm³/mol. The minimum absolute atomic E-state index is 0.248. The second-order valence-corrected chi connectivity index (χ2v) is 4.05. The fourth-order valence-corrected chi connectivity index (χ4v) is 1.97. The number of nitrogen functional groups attached to an aromatic ring is 1. The number of imidazole rings is 1. The van der Waals surface area contributed by atoms with Crippen LogP contribution in [0.5, 0.6) is 0 Å². The maximum Gasteiger partial charge on any atom is 0.328 e. The number of urea groups is 1. The van der Waals surface area contributed by atoms with E-state index in [0.717, 1.165) is 0 Å². The Bertz CT molecular complexity index is 648. The first-order valence-corrected chi connectivity index (χ1v) is 5.49. The molecule has 3 N–H and O–H groups in total. The summed E-state index contributed by atoms with van der Waals surface area (Å²) >= 11 is 0. The topological polar surface area (TPSA) is 92.7 Å². The maximum atomic E-state index is 11.7. The number of anilines is 2. The zero-order chi connectivity index (χ0) is 12.7. The summed E-state index contributed by atoms with van der Waals surface area (Å²) in [4.78, 5) is 28.4. The molecule has 1 aliphatic rings. The molecule has 2 aromatic rings. The van der Waals surface area contributed by atoms with Crippen LogP contribution >= 0.6 is 0 Å². The quantitative estimate of drug-likeness (QED) is 0.758. The van der Waals surface area contributed by atoms with E-state index in [0.29, 0.717) is 30.1 Å². The third-order valence-electron chi connectivity index (χ3n) is 2.89. The van der Waals surface area contributed by atoms with Crippen molar-refractivity contribution in [1.29, 1.82) is 0 Å². The molecule has 92 valence electrons. The van der Waals surface area contributed by atoms with Crippen molar-refractivity contribution in [1.82, 2.24) is 14.7 Å². The largest absolute Gasteiger partial charge is 0.383 e. The van der Waals surface area contributed by atoms with Gasteiger partial charge in [-0.15, -0.1) is 0 Å². The average molecular weight is 245 g/mol. The Labute approximate surface area is 102 Å². The van der Waals surface area contributed by atoms with Gasteiger partial charge in [0.1, 0.15) is 11.5 Å². The third kappa shape index (κ3) is 1.56. The summed E-state index contributed by atoms with van der Waals surface area (Å²) in [6.45, 7) is 0.372. The van der Waals surface area contributed by atoms with Crippen molar-refractivity contribution in [3.8, 4) is 0 Å². The molecule has 0 saturated carbocycles. The van der Waals surface area contributed by atoms with Crippen LogP contribution in [0.3, 0.4) is 0 Å². The molecule has 0 atom stereocenters. The average Bonchev–Trinajstić information content (AvgIpc) is 2.71. The van der Waals surface area contributed by atoms with Gasteiger partial charge in [-0.2, -0.15) is 0 Å². The van der Waals surface area contributed by atoms with Gasteiger partial charge in [0.25, 0.3) is 0 Å². The van der Waals surface area contributed by atoms with E-state index in [2.05, 4.69) is 10.3 Å². The van der Waals surface area contributed by atoms with Crippen molar-refractivity contribution in [3.05, 3.63) is 24.5 Å². The monoisotopic (exact) mass is 245 g/mol. The lowest BCUT2D eigenvalue weighted by Gasteiger charge is -2.26. The summed E-state index contributed by atoms with van der Waals surface area (Å²) in [6.07, 6.45) is 3.60. The minimum Gasteiger partial charge on any atom is -0.383 e. The molecular formula is C11H11N5O2. The summed E-state index contributed by atoms with van der Waals surface area (Å²) in [5.74, 6) is 0.289. The van der Waals surface area contributed by atoms with E-state index in [1.165, 1.54) is 4.90 Å². The Morgan fingerprint density at radius 1 is 1.39 bits per heavy atom. The lowest BCUT2D eigenvalue weighted by Crippen LogP contribution is -2.49. The first kappa shape index (κ1) is 10.6. The van der Waals surface area contributed by atoms with Gasteiger partial charge in [-0.25, -0.2) is 9.78 Å². The number of carbonyl (C=O) groups excluding carboxylic acids is 2. The van der Waals surface area contributed by atoms with Gasteiger partial charge >= 0.3 is 6.03 Å². The molecule has 2 aromatic heterocycles. The summed E-state index contributed by atoms with van der Waals surface area (Å²) in [6, 6.07) is 3.11. The van der Waals surface area contributed by atoms with Crippen LogP contribution in [0.2, 0.25) is 0 Å². The second-order valence-electron chi connectivity index (χ2n) is 4.05. The number of amides is 3. The molecule has 0 aliphatic carbocycles.